The van der Waals surface area contributed by atoms with Gasteiger partial charge in [-0.3, -0.25) is 9.59 Å². The van der Waals surface area contributed by atoms with Gasteiger partial charge in [0.2, 0.25) is 0 Å². The Labute approximate surface area is 180 Å². The maximum absolute atomic E-state index is 13.1. The first-order valence-corrected chi connectivity index (χ1v) is 10.4. The Bertz CT molecular complexity index is 925. The molecule has 2 aromatic carbocycles. The number of para-hydroxylation sites is 1. The molecule has 3 rings (SSSR count). The van der Waals surface area contributed by atoms with E-state index in [-0.39, 0.29) is 17.1 Å². The molecule has 31 heavy (non-hydrogen) atoms. The van der Waals surface area contributed by atoms with Gasteiger partial charge in [0.25, 0.3) is 0 Å². The summed E-state index contributed by atoms with van der Waals surface area (Å²) < 4.78 is 18.3. The fourth-order valence-electron chi connectivity index (χ4n) is 3.30. The summed E-state index contributed by atoms with van der Waals surface area (Å²) in [6.45, 7) is 4.09. The molecule has 2 amide bonds. The molecule has 1 fully saturated rings. The van der Waals surface area contributed by atoms with Gasteiger partial charge in [-0.05, 0) is 42.8 Å². The number of nitrogens with zero attached hydrogens (tertiary/aromatic N) is 2. The molecule has 8 heteroatoms. The zero-order chi connectivity index (χ0) is 22.2. The van der Waals surface area contributed by atoms with E-state index in [1.807, 2.05) is 11.8 Å². The molecule has 2 aromatic rings. The Hall–Kier alpha value is -3.42. The van der Waals surface area contributed by atoms with E-state index in [2.05, 4.69) is 5.32 Å². The van der Waals surface area contributed by atoms with E-state index in [1.165, 1.54) is 17.0 Å². The smallest absolute Gasteiger partial charge is 0.340 e. The zero-order valence-electron chi connectivity index (χ0n) is 17.5. The first-order valence-electron chi connectivity index (χ1n) is 10.4. The number of esters is 1. The van der Waals surface area contributed by atoms with Crippen LogP contribution in [0.2, 0.25) is 0 Å². The number of hydrogen-bond acceptors (Lipinski definition) is 5. The number of amides is 2. The van der Waals surface area contributed by atoms with Crippen molar-refractivity contribution < 1.29 is 23.5 Å². The quantitative estimate of drug-likeness (QED) is 0.436. The monoisotopic (exact) mass is 427 g/mol. The second-order valence-corrected chi connectivity index (χ2v) is 7.24. The lowest BCUT2D eigenvalue weighted by atomic mass is 10.1. The third-order valence-electron chi connectivity index (χ3n) is 5.08. The van der Waals surface area contributed by atoms with Crippen molar-refractivity contribution in [2.24, 2.45) is 0 Å². The van der Waals surface area contributed by atoms with Crippen molar-refractivity contribution in [1.29, 1.82) is 0 Å². The molecular weight excluding hydrogens is 401 g/mol. The Morgan fingerprint density at radius 3 is 2.35 bits per heavy atom. The summed E-state index contributed by atoms with van der Waals surface area (Å²) in [4.78, 5) is 40.9. The van der Waals surface area contributed by atoms with Gasteiger partial charge in [0.15, 0.2) is 0 Å². The van der Waals surface area contributed by atoms with Crippen molar-refractivity contribution in [3.8, 4) is 0 Å². The van der Waals surface area contributed by atoms with Crippen molar-refractivity contribution in [2.45, 2.75) is 19.8 Å². The predicted molar refractivity (Wildman–Crippen MR) is 115 cm³/mol. The van der Waals surface area contributed by atoms with E-state index in [0.29, 0.717) is 32.8 Å². The highest BCUT2D eigenvalue weighted by molar-refractivity contribution is 6.39. The normalized spacial score (nSPS) is 13.6. The van der Waals surface area contributed by atoms with E-state index in [1.54, 1.807) is 36.4 Å². The molecule has 1 N–H and O–H groups in total. The largest absolute Gasteiger partial charge is 0.462 e. The van der Waals surface area contributed by atoms with Crippen LogP contribution < -0.4 is 10.2 Å². The standard InChI is InChI=1S/C23H26FN3O4/c1-2-3-16-31-23(30)19-6-4-5-7-20(19)25-21(28)22(29)27-14-12-26(13-15-27)18-10-8-17(24)9-11-18/h4-11H,2-3,12-16H2,1H3,(H,25,28). The van der Waals surface area contributed by atoms with Crippen molar-refractivity contribution in [3.63, 3.8) is 0 Å². The Morgan fingerprint density at radius 2 is 1.68 bits per heavy atom. The Morgan fingerprint density at radius 1 is 1.00 bits per heavy atom. The van der Waals surface area contributed by atoms with Crippen LogP contribution in [0.1, 0.15) is 30.1 Å². The van der Waals surface area contributed by atoms with E-state index >= 15 is 0 Å². The lowest BCUT2D eigenvalue weighted by Gasteiger charge is -2.35. The minimum atomic E-state index is -0.802. The topological polar surface area (TPSA) is 78.9 Å². The third kappa shape index (κ3) is 5.81. The molecule has 0 atom stereocenters. The molecular formula is C23H26FN3O4. The number of ether oxygens (including phenoxy) is 1. The number of hydrogen-bond donors (Lipinski definition) is 1. The number of unbranched alkanes of at least 4 members (excludes halogenated alkanes) is 1. The van der Waals surface area contributed by atoms with Crippen LogP contribution in [0.25, 0.3) is 0 Å². The molecule has 0 aromatic heterocycles. The number of carbonyl (C=O) groups is 3. The predicted octanol–water partition coefficient (Wildman–Crippen LogP) is 3.07. The van der Waals surface area contributed by atoms with Gasteiger partial charge < -0.3 is 19.9 Å². The van der Waals surface area contributed by atoms with Crippen LogP contribution in [0.15, 0.2) is 48.5 Å². The molecule has 0 unspecified atom stereocenters. The molecule has 1 aliphatic rings. The highest BCUT2D eigenvalue weighted by atomic mass is 19.1. The van der Waals surface area contributed by atoms with Crippen LogP contribution in [-0.2, 0) is 14.3 Å². The van der Waals surface area contributed by atoms with Crippen molar-refractivity contribution in [1.82, 2.24) is 4.90 Å². The highest BCUT2D eigenvalue weighted by Crippen LogP contribution is 2.19. The average molecular weight is 427 g/mol. The van der Waals surface area contributed by atoms with Gasteiger partial charge >= 0.3 is 17.8 Å². The summed E-state index contributed by atoms with van der Waals surface area (Å²) in [5.41, 5.74) is 1.32. The van der Waals surface area contributed by atoms with Crippen molar-refractivity contribution in [3.05, 3.63) is 59.9 Å². The van der Waals surface area contributed by atoms with E-state index in [0.717, 1.165) is 18.5 Å². The minimum Gasteiger partial charge on any atom is -0.462 e. The number of carbonyl (C=O) groups excluding carboxylic acids is 3. The van der Waals surface area contributed by atoms with Gasteiger partial charge in [-0.2, -0.15) is 0 Å². The summed E-state index contributed by atoms with van der Waals surface area (Å²) in [5.74, 6) is -2.30. The number of benzene rings is 2. The molecule has 1 aliphatic heterocycles. The second-order valence-electron chi connectivity index (χ2n) is 7.24. The summed E-state index contributed by atoms with van der Waals surface area (Å²) in [6.07, 6.45) is 1.65. The number of halogens is 1. The van der Waals surface area contributed by atoms with Crippen LogP contribution in [0.4, 0.5) is 15.8 Å². The fourth-order valence-corrected chi connectivity index (χ4v) is 3.30. The van der Waals surface area contributed by atoms with Crippen LogP contribution in [0.5, 0.6) is 0 Å². The van der Waals surface area contributed by atoms with Gasteiger partial charge in [-0.15, -0.1) is 0 Å². The van der Waals surface area contributed by atoms with Crippen LogP contribution >= 0.6 is 0 Å². The summed E-state index contributed by atoms with van der Waals surface area (Å²) in [6, 6.07) is 12.6. The van der Waals surface area contributed by atoms with E-state index in [9.17, 15) is 18.8 Å². The van der Waals surface area contributed by atoms with Crippen LogP contribution in [0.3, 0.4) is 0 Å². The molecule has 7 nitrogen and oxygen atoms in total. The average Bonchev–Trinajstić information content (AvgIpc) is 2.79. The maximum Gasteiger partial charge on any atom is 0.340 e. The summed E-state index contributed by atoms with van der Waals surface area (Å²) in [5, 5.41) is 2.54. The summed E-state index contributed by atoms with van der Waals surface area (Å²) >= 11 is 0. The Kier molecular flexibility index (Phi) is 7.59. The van der Waals surface area contributed by atoms with Gasteiger partial charge in [-0.1, -0.05) is 25.5 Å². The first-order chi connectivity index (χ1) is 15.0. The van der Waals surface area contributed by atoms with E-state index < -0.39 is 17.8 Å². The molecule has 0 bridgehead atoms. The molecule has 0 radical (unpaired) electrons. The SMILES string of the molecule is CCCCOC(=O)c1ccccc1NC(=O)C(=O)N1CCN(c2ccc(F)cc2)CC1. The second kappa shape index (κ2) is 10.6. The number of anilines is 2. The van der Waals surface area contributed by atoms with Crippen LogP contribution in [0, 0.1) is 5.82 Å². The number of nitrogens with one attached hydrogen (secondary N) is 1. The number of rotatable bonds is 6. The number of piperazine rings is 1. The van der Waals surface area contributed by atoms with E-state index in [4.69, 9.17) is 4.74 Å². The third-order valence-corrected chi connectivity index (χ3v) is 5.08. The van der Waals surface area contributed by atoms with Crippen molar-refractivity contribution in [2.75, 3.05) is 43.0 Å². The van der Waals surface area contributed by atoms with Gasteiger partial charge in [0, 0.05) is 31.9 Å². The molecule has 164 valence electrons. The van der Waals surface area contributed by atoms with Gasteiger partial charge in [0.1, 0.15) is 5.82 Å². The van der Waals surface area contributed by atoms with Gasteiger partial charge in [0.05, 0.1) is 17.9 Å². The molecule has 0 aliphatic carbocycles. The Balaban J connectivity index is 1.57. The zero-order valence-corrected chi connectivity index (χ0v) is 17.5. The summed E-state index contributed by atoms with van der Waals surface area (Å²) in [7, 11) is 0. The molecule has 1 heterocycles. The molecule has 0 spiro atoms. The fraction of sp³-hybridized carbons (Fsp3) is 0.348. The van der Waals surface area contributed by atoms with Crippen LogP contribution in [-0.4, -0.2) is 55.5 Å². The maximum atomic E-state index is 13.1. The molecule has 1 saturated heterocycles. The highest BCUT2D eigenvalue weighted by Gasteiger charge is 2.27. The lowest BCUT2D eigenvalue weighted by Crippen LogP contribution is -2.51. The lowest BCUT2D eigenvalue weighted by molar-refractivity contribution is -0.143. The minimum absolute atomic E-state index is 0.209. The van der Waals surface area contributed by atoms with Gasteiger partial charge in [-0.25, -0.2) is 9.18 Å². The molecule has 0 saturated carbocycles. The van der Waals surface area contributed by atoms with Crippen molar-refractivity contribution >= 4 is 29.2 Å². The first kappa shape index (κ1) is 22.3.